The van der Waals surface area contributed by atoms with Crippen molar-refractivity contribution in [1.29, 1.82) is 0 Å². The highest BCUT2D eigenvalue weighted by Gasteiger charge is 2.24. The van der Waals surface area contributed by atoms with Crippen LogP contribution in [0.1, 0.15) is 11.3 Å². The van der Waals surface area contributed by atoms with Crippen LogP contribution in [0.5, 0.6) is 5.75 Å². The van der Waals surface area contributed by atoms with Crippen LogP contribution in [0.3, 0.4) is 0 Å². The summed E-state index contributed by atoms with van der Waals surface area (Å²) in [6.07, 6.45) is 0. The predicted octanol–water partition coefficient (Wildman–Crippen LogP) is 0.546. The SMILES string of the molecule is CN=C1c2cc3cc(OC)ccc3n2CCN1Cc1ccccc1.[Cl-]. The number of methoxy groups -OCH3 is 1. The van der Waals surface area contributed by atoms with E-state index in [0.717, 1.165) is 31.2 Å². The van der Waals surface area contributed by atoms with E-state index in [2.05, 4.69) is 63.0 Å². The normalized spacial score (nSPS) is 15.1. The number of amidine groups is 1. The van der Waals surface area contributed by atoms with Crippen LogP contribution in [-0.2, 0) is 13.1 Å². The van der Waals surface area contributed by atoms with Crippen LogP contribution in [0.25, 0.3) is 10.9 Å². The third-order valence-corrected chi connectivity index (χ3v) is 4.66. The monoisotopic (exact) mass is 354 g/mol. The molecule has 0 spiro atoms. The first-order valence-corrected chi connectivity index (χ1v) is 8.23. The number of benzene rings is 2. The molecule has 4 nitrogen and oxygen atoms in total. The summed E-state index contributed by atoms with van der Waals surface area (Å²) in [5.74, 6) is 1.95. The van der Waals surface area contributed by atoms with Crippen molar-refractivity contribution in [1.82, 2.24) is 9.47 Å². The summed E-state index contributed by atoms with van der Waals surface area (Å²) in [4.78, 5) is 6.96. The molecule has 0 radical (unpaired) electrons. The van der Waals surface area contributed by atoms with Crippen LogP contribution < -0.4 is 17.1 Å². The minimum Gasteiger partial charge on any atom is -1.00 e. The topological polar surface area (TPSA) is 29.8 Å². The van der Waals surface area contributed by atoms with Gasteiger partial charge in [-0.2, -0.15) is 0 Å². The lowest BCUT2D eigenvalue weighted by atomic mass is 10.2. The highest BCUT2D eigenvalue weighted by atomic mass is 35.5. The first kappa shape index (κ1) is 17.4. The summed E-state index contributed by atoms with van der Waals surface area (Å²) in [6, 6.07) is 19.0. The lowest BCUT2D eigenvalue weighted by molar-refractivity contribution is -0.00000515. The molecule has 0 N–H and O–H groups in total. The van der Waals surface area contributed by atoms with E-state index in [1.54, 1.807) is 7.11 Å². The van der Waals surface area contributed by atoms with Crippen molar-refractivity contribution in [3.63, 3.8) is 0 Å². The third kappa shape index (κ3) is 3.10. The van der Waals surface area contributed by atoms with Crippen molar-refractivity contribution in [3.8, 4) is 5.75 Å². The number of aromatic nitrogens is 1. The van der Waals surface area contributed by atoms with Crippen LogP contribution in [0, 0.1) is 0 Å². The lowest BCUT2D eigenvalue weighted by Gasteiger charge is -2.32. The standard InChI is InChI=1S/C20H21N3O.ClH/c1-21-20-19-13-16-12-17(24-2)8-9-18(16)23(19)11-10-22(20)14-15-6-4-3-5-7-15;/h3-9,12-13H,10-11,14H2,1-2H3;1H/p-1. The minimum absolute atomic E-state index is 0. The van der Waals surface area contributed by atoms with Crippen LogP contribution in [-0.4, -0.2) is 36.0 Å². The van der Waals surface area contributed by atoms with Gasteiger partial charge in [0.1, 0.15) is 11.6 Å². The highest BCUT2D eigenvalue weighted by molar-refractivity contribution is 6.03. The molecule has 3 aromatic rings. The van der Waals surface area contributed by atoms with Crippen LogP contribution in [0.2, 0.25) is 0 Å². The van der Waals surface area contributed by atoms with Gasteiger partial charge in [0.15, 0.2) is 0 Å². The summed E-state index contributed by atoms with van der Waals surface area (Å²) in [7, 11) is 3.58. The summed E-state index contributed by atoms with van der Waals surface area (Å²) in [5, 5.41) is 1.20. The van der Waals surface area contributed by atoms with Gasteiger partial charge in [-0.05, 0) is 29.8 Å². The molecule has 2 heterocycles. The van der Waals surface area contributed by atoms with Crippen molar-refractivity contribution in [2.24, 2.45) is 4.99 Å². The summed E-state index contributed by atoms with van der Waals surface area (Å²) in [6.45, 7) is 2.82. The number of hydrogen-bond acceptors (Lipinski definition) is 2. The molecule has 130 valence electrons. The number of hydrogen-bond donors (Lipinski definition) is 0. The maximum atomic E-state index is 5.36. The second-order valence-electron chi connectivity index (χ2n) is 6.06. The number of halogens is 1. The molecule has 0 saturated carbocycles. The zero-order chi connectivity index (χ0) is 16.5. The van der Waals surface area contributed by atoms with E-state index in [4.69, 9.17) is 4.74 Å². The first-order chi connectivity index (χ1) is 11.8. The van der Waals surface area contributed by atoms with E-state index in [0.29, 0.717) is 0 Å². The molecule has 5 heteroatoms. The van der Waals surface area contributed by atoms with Gasteiger partial charge in [0.05, 0.1) is 12.8 Å². The predicted molar refractivity (Wildman–Crippen MR) is 97.8 cm³/mol. The Balaban J connectivity index is 0.00000182. The maximum absolute atomic E-state index is 5.36. The van der Waals surface area contributed by atoms with Gasteiger partial charge in [0, 0.05) is 37.6 Å². The molecule has 4 rings (SSSR count). The van der Waals surface area contributed by atoms with Crippen LogP contribution in [0.15, 0.2) is 59.6 Å². The van der Waals surface area contributed by atoms with Crippen molar-refractivity contribution < 1.29 is 17.1 Å². The second-order valence-corrected chi connectivity index (χ2v) is 6.06. The fraction of sp³-hybridized carbons (Fsp3) is 0.250. The number of nitrogens with zero attached hydrogens (tertiary/aromatic N) is 3. The summed E-state index contributed by atoms with van der Waals surface area (Å²) in [5.41, 5.74) is 3.74. The lowest BCUT2D eigenvalue weighted by Crippen LogP contribution is -3.00. The average molecular weight is 355 g/mol. The molecule has 2 aromatic carbocycles. The molecule has 1 aliphatic rings. The molecule has 1 aliphatic heterocycles. The fourth-order valence-electron chi connectivity index (χ4n) is 3.50. The smallest absolute Gasteiger partial charge is 0.148 e. The van der Waals surface area contributed by atoms with Crippen LogP contribution >= 0.6 is 0 Å². The maximum Gasteiger partial charge on any atom is 0.148 e. The van der Waals surface area contributed by atoms with Gasteiger partial charge in [-0.3, -0.25) is 4.99 Å². The van der Waals surface area contributed by atoms with E-state index in [1.807, 2.05) is 13.1 Å². The van der Waals surface area contributed by atoms with Gasteiger partial charge in [-0.25, -0.2) is 0 Å². The van der Waals surface area contributed by atoms with Gasteiger partial charge in [0.25, 0.3) is 0 Å². The number of fused-ring (bicyclic) bond motifs is 3. The molecule has 0 amide bonds. The molecule has 0 saturated heterocycles. The summed E-state index contributed by atoms with van der Waals surface area (Å²) >= 11 is 0. The van der Waals surface area contributed by atoms with Gasteiger partial charge in [-0.15, -0.1) is 0 Å². The van der Waals surface area contributed by atoms with Crippen molar-refractivity contribution in [3.05, 3.63) is 65.9 Å². The van der Waals surface area contributed by atoms with Gasteiger partial charge < -0.3 is 26.6 Å². The summed E-state index contributed by atoms with van der Waals surface area (Å²) < 4.78 is 7.72. The molecular formula is C20H21ClN3O-. The number of rotatable bonds is 3. The van der Waals surface area contributed by atoms with Crippen molar-refractivity contribution in [2.45, 2.75) is 13.1 Å². The molecule has 0 bridgehead atoms. The van der Waals surface area contributed by atoms with Gasteiger partial charge in [-0.1, -0.05) is 30.3 Å². The fourth-order valence-corrected chi connectivity index (χ4v) is 3.50. The molecule has 0 atom stereocenters. The molecule has 1 aromatic heterocycles. The Morgan fingerprint density at radius 1 is 1.04 bits per heavy atom. The second kappa shape index (κ2) is 7.19. The van der Waals surface area contributed by atoms with Gasteiger partial charge in [0.2, 0.25) is 0 Å². The van der Waals surface area contributed by atoms with E-state index in [9.17, 15) is 0 Å². The zero-order valence-electron chi connectivity index (χ0n) is 14.4. The Hall–Kier alpha value is -2.46. The van der Waals surface area contributed by atoms with Crippen molar-refractivity contribution in [2.75, 3.05) is 20.7 Å². The Kier molecular flexibility index (Phi) is 5.00. The van der Waals surface area contributed by atoms with Crippen molar-refractivity contribution >= 4 is 16.7 Å². The Labute approximate surface area is 154 Å². The third-order valence-electron chi connectivity index (χ3n) is 4.66. The average Bonchev–Trinajstić information content (AvgIpc) is 3.00. The Morgan fingerprint density at radius 2 is 1.84 bits per heavy atom. The number of aliphatic imine (C=N–C) groups is 1. The quantitative estimate of drug-likeness (QED) is 0.687. The molecule has 0 aliphatic carbocycles. The Bertz CT molecular complexity index is 902. The van der Waals surface area contributed by atoms with E-state index >= 15 is 0 Å². The number of ether oxygens (including phenoxy) is 1. The molecular weight excluding hydrogens is 334 g/mol. The largest absolute Gasteiger partial charge is 1.00 e. The highest BCUT2D eigenvalue weighted by Crippen LogP contribution is 2.28. The van der Waals surface area contributed by atoms with Crippen LogP contribution in [0.4, 0.5) is 0 Å². The van der Waals surface area contributed by atoms with E-state index < -0.39 is 0 Å². The molecule has 0 unspecified atom stereocenters. The zero-order valence-corrected chi connectivity index (χ0v) is 15.2. The van der Waals surface area contributed by atoms with E-state index in [-0.39, 0.29) is 12.4 Å². The van der Waals surface area contributed by atoms with Gasteiger partial charge >= 0.3 is 0 Å². The Morgan fingerprint density at radius 3 is 2.56 bits per heavy atom. The first-order valence-electron chi connectivity index (χ1n) is 8.23. The minimum atomic E-state index is 0. The molecule has 0 fully saturated rings. The van der Waals surface area contributed by atoms with E-state index in [1.165, 1.54) is 22.2 Å². The molecule has 25 heavy (non-hydrogen) atoms.